The van der Waals surface area contributed by atoms with Gasteiger partial charge in [-0.05, 0) is 37.5 Å². The minimum atomic E-state index is 0.435. The van der Waals surface area contributed by atoms with E-state index >= 15 is 0 Å². The summed E-state index contributed by atoms with van der Waals surface area (Å²) in [5.74, 6) is 0. The molecule has 0 spiro atoms. The van der Waals surface area contributed by atoms with Crippen molar-refractivity contribution >= 4 is 28.9 Å². The molecule has 1 aliphatic heterocycles. The van der Waals surface area contributed by atoms with Gasteiger partial charge in [-0.3, -0.25) is 0 Å². The minimum absolute atomic E-state index is 0.435. The van der Waals surface area contributed by atoms with E-state index in [2.05, 4.69) is 5.32 Å². The number of halogens is 2. The van der Waals surface area contributed by atoms with Crippen LogP contribution >= 0.6 is 23.2 Å². The predicted octanol–water partition coefficient (Wildman–Crippen LogP) is 3.89. The molecule has 0 radical (unpaired) electrons. The van der Waals surface area contributed by atoms with Gasteiger partial charge in [-0.25, -0.2) is 0 Å². The van der Waals surface area contributed by atoms with Gasteiger partial charge in [0.2, 0.25) is 0 Å². The topological polar surface area (TPSA) is 21.3 Å². The van der Waals surface area contributed by atoms with Crippen molar-refractivity contribution in [2.24, 2.45) is 0 Å². The molecule has 0 atom stereocenters. The fraction of sp³-hybridized carbons (Fsp3) is 0.500. The number of nitrogens with one attached hydrogen (secondary N) is 1. The Morgan fingerprint density at radius 3 is 2.56 bits per heavy atom. The summed E-state index contributed by atoms with van der Waals surface area (Å²) in [6.45, 7) is 3.58. The van der Waals surface area contributed by atoms with Gasteiger partial charge in [0.05, 0.1) is 10.7 Å². The molecule has 0 amide bonds. The molecule has 2 rings (SSSR count). The maximum absolute atomic E-state index is 6.17. The first-order valence-electron chi connectivity index (χ1n) is 5.47. The zero-order chi connectivity index (χ0) is 11.5. The molecule has 16 heavy (non-hydrogen) atoms. The third-order valence-corrected chi connectivity index (χ3v) is 3.55. The summed E-state index contributed by atoms with van der Waals surface area (Å²) < 4.78 is 5.31. The lowest BCUT2D eigenvalue weighted by Gasteiger charge is -2.24. The molecule has 4 heteroatoms. The van der Waals surface area contributed by atoms with Crippen LogP contribution in [0, 0.1) is 6.92 Å². The smallest absolute Gasteiger partial charge is 0.0641 e. The first-order valence-corrected chi connectivity index (χ1v) is 6.22. The lowest BCUT2D eigenvalue weighted by molar-refractivity contribution is 0.0904. The summed E-state index contributed by atoms with van der Waals surface area (Å²) in [5, 5.41) is 4.90. The van der Waals surface area contributed by atoms with Gasteiger partial charge in [0.25, 0.3) is 0 Å². The quantitative estimate of drug-likeness (QED) is 0.870. The van der Waals surface area contributed by atoms with Crippen LogP contribution in [0.15, 0.2) is 12.1 Å². The average molecular weight is 260 g/mol. The van der Waals surface area contributed by atoms with Crippen LogP contribution in [-0.2, 0) is 4.74 Å². The molecular weight excluding hydrogens is 245 g/mol. The largest absolute Gasteiger partial charge is 0.381 e. The second-order valence-corrected chi connectivity index (χ2v) is 4.93. The Bertz CT molecular complexity index is 376. The van der Waals surface area contributed by atoms with Gasteiger partial charge in [-0.1, -0.05) is 23.2 Å². The van der Waals surface area contributed by atoms with E-state index in [0.717, 1.165) is 47.4 Å². The van der Waals surface area contributed by atoms with Crippen LogP contribution in [0.2, 0.25) is 10.0 Å². The molecule has 88 valence electrons. The number of rotatable bonds is 2. The Hall–Kier alpha value is -0.440. The van der Waals surface area contributed by atoms with Crippen LogP contribution in [0.1, 0.15) is 18.4 Å². The van der Waals surface area contributed by atoms with Gasteiger partial charge in [-0.2, -0.15) is 0 Å². The van der Waals surface area contributed by atoms with Crippen molar-refractivity contribution in [3.63, 3.8) is 0 Å². The molecule has 2 nitrogen and oxygen atoms in total. The Kier molecular flexibility index (Phi) is 3.95. The Balaban J connectivity index is 2.11. The Labute approximate surface area is 106 Å². The molecule has 1 saturated heterocycles. The highest BCUT2D eigenvalue weighted by Crippen LogP contribution is 2.30. The van der Waals surface area contributed by atoms with Gasteiger partial charge in [0, 0.05) is 24.3 Å². The minimum Gasteiger partial charge on any atom is -0.381 e. The zero-order valence-electron chi connectivity index (χ0n) is 9.22. The molecule has 0 saturated carbocycles. The molecule has 1 aliphatic rings. The molecule has 1 aromatic carbocycles. The van der Waals surface area contributed by atoms with Gasteiger partial charge in [-0.15, -0.1) is 0 Å². The Morgan fingerprint density at radius 2 is 1.88 bits per heavy atom. The number of benzene rings is 1. The van der Waals surface area contributed by atoms with Gasteiger partial charge >= 0.3 is 0 Å². The molecule has 1 N–H and O–H groups in total. The van der Waals surface area contributed by atoms with Crippen molar-refractivity contribution in [2.75, 3.05) is 18.5 Å². The second kappa shape index (κ2) is 5.26. The number of hydrogen-bond acceptors (Lipinski definition) is 2. The average Bonchev–Trinajstić information content (AvgIpc) is 2.27. The van der Waals surface area contributed by atoms with Gasteiger partial charge < -0.3 is 10.1 Å². The standard InChI is InChI=1S/C12H15Cl2NO/c1-8-6-11(14)12(7-10(8)13)15-9-2-4-16-5-3-9/h6-7,9,15H,2-5H2,1H3. The van der Waals surface area contributed by atoms with Crippen LogP contribution in [0.4, 0.5) is 5.69 Å². The van der Waals surface area contributed by atoms with Gasteiger partial charge in [0.15, 0.2) is 0 Å². The van der Waals surface area contributed by atoms with E-state index in [1.165, 1.54) is 0 Å². The summed E-state index contributed by atoms with van der Waals surface area (Å²) in [6.07, 6.45) is 2.03. The second-order valence-electron chi connectivity index (χ2n) is 4.11. The molecular formula is C12H15Cl2NO. The van der Waals surface area contributed by atoms with Gasteiger partial charge in [0.1, 0.15) is 0 Å². The number of ether oxygens (including phenoxy) is 1. The normalized spacial score (nSPS) is 17.4. The van der Waals surface area contributed by atoms with E-state index in [0.29, 0.717) is 6.04 Å². The molecule has 0 aliphatic carbocycles. The molecule has 1 fully saturated rings. The van der Waals surface area contributed by atoms with Crippen LogP contribution in [0.3, 0.4) is 0 Å². The number of aryl methyl sites for hydroxylation is 1. The summed E-state index contributed by atoms with van der Waals surface area (Å²) >= 11 is 12.2. The van der Waals surface area contributed by atoms with Crippen molar-refractivity contribution < 1.29 is 4.74 Å². The van der Waals surface area contributed by atoms with E-state index in [9.17, 15) is 0 Å². The highest BCUT2D eigenvalue weighted by atomic mass is 35.5. The highest BCUT2D eigenvalue weighted by Gasteiger charge is 2.15. The van der Waals surface area contributed by atoms with E-state index < -0.39 is 0 Å². The predicted molar refractivity (Wildman–Crippen MR) is 68.7 cm³/mol. The molecule has 0 bridgehead atoms. The van der Waals surface area contributed by atoms with Crippen molar-refractivity contribution in [2.45, 2.75) is 25.8 Å². The van der Waals surface area contributed by atoms with Crippen molar-refractivity contribution in [1.82, 2.24) is 0 Å². The zero-order valence-corrected chi connectivity index (χ0v) is 10.7. The van der Waals surface area contributed by atoms with Crippen LogP contribution < -0.4 is 5.32 Å². The van der Waals surface area contributed by atoms with Crippen LogP contribution in [-0.4, -0.2) is 19.3 Å². The summed E-state index contributed by atoms with van der Waals surface area (Å²) in [5.41, 5.74) is 1.92. The third-order valence-electron chi connectivity index (χ3n) is 2.83. The maximum atomic E-state index is 6.17. The lowest BCUT2D eigenvalue weighted by atomic mass is 10.1. The van der Waals surface area contributed by atoms with E-state index in [-0.39, 0.29) is 0 Å². The van der Waals surface area contributed by atoms with Crippen molar-refractivity contribution in [3.05, 3.63) is 27.7 Å². The number of hydrogen-bond donors (Lipinski definition) is 1. The van der Waals surface area contributed by atoms with Crippen molar-refractivity contribution in [3.8, 4) is 0 Å². The third kappa shape index (κ3) is 2.82. The number of anilines is 1. The van der Waals surface area contributed by atoms with Crippen LogP contribution in [0.5, 0.6) is 0 Å². The first-order chi connectivity index (χ1) is 7.66. The maximum Gasteiger partial charge on any atom is 0.0641 e. The highest BCUT2D eigenvalue weighted by molar-refractivity contribution is 6.35. The SMILES string of the molecule is Cc1cc(Cl)c(NC2CCOCC2)cc1Cl. The fourth-order valence-corrected chi connectivity index (χ4v) is 2.26. The lowest BCUT2D eigenvalue weighted by Crippen LogP contribution is -2.27. The molecule has 0 unspecified atom stereocenters. The monoisotopic (exact) mass is 259 g/mol. The van der Waals surface area contributed by atoms with E-state index in [4.69, 9.17) is 27.9 Å². The van der Waals surface area contributed by atoms with E-state index in [1.54, 1.807) is 0 Å². The summed E-state index contributed by atoms with van der Waals surface area (Å²) in [4.78, 5) is 0. The summed E-state index contributed by atoms with van der Waals surface area (Å²) in [7, 11) is 0. The summed E-state index contributed by atoms with van der Waals surface area (Å²) in [6, 6.07) is 4.23. The fourth-order valence-electron chi connectivity index (χ4n) is 1.82. The Morgan fingerprint density at radius 1 is 1.19 bits per heavy atom. The van der Waals surface area contributed by atoms with Crippen molar-refractivity contribution in [1.29, 1.82) is 0 Å². The molecule has 1 heterocycles. The molecule has 1 aromatic rings. The van der Waals surface area contributed by atoms with E-state index in [1.807, 2.05) is 19.1 Å². The van der Waals surface area contributed by atoms with Crippen LogP contribution in [0.25, 0.3) is 0 Å². The first kappa shape index (κ1) is 12.0. The molecule has 0 aromatic heterocycles.